The van der Waals surface area contributed by atoms with Gasteiger partial charge in [-0.05, 0) is 25.1 Å². The van der Waals surface area contributed by atoms with E-state index in [-0.39, 0.29) is 11.6 Å². The molecule has 4 heteroatoms. The van der Waals surface area contributed by atoms with Gasteiger partial charge >= 0.3 is 0 Å². The van der Waals surface area contributed by atoms with Crippen LogP contribution in [-0.2, 0) is 11.3 Å². The Bertz CT molecular complexity index is 368. The van der Waals surface area contributed by atoms with Crippen LogP contribution >= 0.6 is 0 Å². The van der Waals surface area contributed by atoms with E-state index in [1.54, 1.807) is 17.7 Å². The maximum atomic E-state index is 11.7. The lowest BCUT2D eigenvalue weighted by Gasteiger charge is -2.18. The molecule has 0 aliphatic heterocycles. The van der Waals surface area contributed by atoms with Crippen molar-refractivity contribution in [3.8, 4) is 0 Å². The lowest BCUT2D eigenvalue weighted by molar-refractivity contribution is 0.159. The SMILES string of the molecule is CCNC(COC)Cn1ccc(C)cc1=O. The Balaban J connectivity index is 2.72. The molecule has 1 rings (SSSR count). The first-order chi connectivity index (χ1) is 7.67. The monoisotopic (exact) mass is 224 g/mol. The van der Waals surface area contributed by atoms with Crippen molar-refractivity contribution < 1.29 is 4.74 Å². The number of hydrogen-bond acceptors (Lipinski definition) is 3. The standard InChI is InChI=1S/C12H20N2O2/c1-4-13-11(9-16-3)8-14-6-5-10(2)7-12(14)15/h5-7,11,13H,4,8-9H2,1-3H3. The molecule has 0 saturated heterocycles. The third-order valence-electron chi connectivity index (χ3n) is 2.43. The number of aryl methyl sites for hydroxylation is 1. The fourth-order valence-electron chi connectivity index (χ4n) is 1.66. The lowest BCUT2D eigenvalue weighted by atomic mass is 10.2. The molecule has 0 fully saturated rings. The molecule has 4 nitrogen and oxygen atoms in total. The van der Waals surface area contributed by atoms with Crippen molar-refractivity contribution in [2.75, 3.05) is 20.3 Å². The molecule has 0 radical (unpaired) electrons. The van der Waals surface area contributed by atoms with Crippen LogP contribution < -0.4 is 10.9 Å². The van der Waals surface area contributed by atoms with Gasteiger partial charge in [-0.15, -0.1) is 0 Å². The molecule has 0 saturated carbocycles. The van der Waals surface area contributed by atoms with Crippen LogP contribution in [-0.4, -0.2) is 30.9 Å². The Labute approximate surface area is 96.2 Å². The van der Waals surface area contributed by atoms with E-state index in [9.17, 15) is 4.79 Å². The first-order valence-electron chi connectivity index (χ1n) is 5.56. The number of aromatic nitrogens is 1. The van der Waals surface area contributed by atoms with Gasteiger partial charge in [0.25, 0.3) is 5.56 Å². The van der Waals surface area contributed by atoms with E-state index in [1.165, 1.54) is 0 Å². The summed E-state index contributed by atoms with van der Waals surface area (Å²) in [7, 11) is 1.67. The third kappa shape index (κ3) is 3.79. The molecule has 1 N–H and O–H groups in total. The van der Waals surface area contributed by atoms with E-state index in [0.717, 1.165) is 12.1 Å². The van der Waals surface area contributed by atoms with Crippen molar-refractivity contribution in [3.63, 3.8) is 0 Å². The first kappa shape index (κ1) is 12.9. The Kier molecular flexibility index (Phi) is 5.22. The molecule has 0 aliphatic carbocycles. The molecular weight excluding hydrogens is 204 g/mol. The number of hydrogen-bond donors (Lipinski definition) is 1. The van der Waals surface area contributed by atoms with Crippen molar-refractivity contribution in [1.29, 1.82) is 0 Å². The highest BCUT2D eigenvalue weighted by atomic mass is 16.5. The van der Waals surface area contributed by atoms with E-state index in [0.29, 0.717) is 13.2 Å². The van der Waals surface area contributed by atoms with E-state index in [2.05, 4.69) is 5.32 Å². The topological polar surface area (TPSA) is 43.3 Å². The maximum absolute atomic E-state index is 11.7. The van der Waals surface area contributed by atoms with Crippen LogP contribution in [0.4, 0.5) is 0 Å². The zero-order chi connectivity index (χ0) is 12.0. The summed E-state index contributed by atoms with van der Waals surface area (Å²) >= 11 is 0. The lowest BCUT2D eigenvalue weighted by Crippen LogP contribution is -2.39. The molecule has 1 unspecified atom stereocenters. The van der Waals surface area contributed by atoms with Gasteiger partial charge in [-0.2, -0.15) is 0 Å². The number of pyridine rings is 1. The molecule has 1 aromatic heterocycles. The number of nitrogens with zero attached hydrogens (tertiary/aromatic N) is 1. The fraction of sp³-hybridized carbons (Fsp3) is 0.583. The second-order valence-corrected chi connectivity index (χ2v) is 3.90. The van der Waals surface area contributed by atoms with Crippen LogP contribution in [0.3, 0.4) is 0 Å². The Morgan fingerprint density at radius 3 is 2.88 bits per heavy atom. The molecule has 1 aromatic rings. The quantitative estimate of drug-likeness (QED) is 0.776. The molecule has 0 spiro atoms. The Morgan fingerprint density at radius 1 is 1.56 bits per heavy atom. The smallest absolute Gasteiger partial charge is 0.250 e. The van der Waals surface area contributed by atoms with Crippen molar-refractivity contribution in [2.45, 2.75) is 26.4 Å². The molecular formula is C12H20N2O2. The van der Waals surface area contributed by atoms with Crippen LogP contribution in [0.1, 0.15) is 12.5 Å². The Hall–Kier alpha value is -1.13. The van der Waals surface area contributed by atoms with E-state index in [4.69, 9.17) is 4.74 Å². The predicted molar refractivity (Wildman–Crippen MR) is 64.8 cm³/mol. The van der Waals surface area contributed by atoms with Gasteiger partial charge in [-0.1, -0.05) is 6.92 Å². The summed E-state index contributed by atoms with van der Waals surface area (Å²) in [6.45, 7) is 6.08. The van der Waals surface area contributed by atoms with Gasteiger partial charge in [0, 0.05) is 32.0 Å². The van der Waals surface area contributed by atoms with Gasteiger partial charge in [0.1, 0.15) is 0 Å². The summed E-state index contributed by atoms with van der Waals surface area (Å²) in [5, 5.41) is 3.29. The number of nitrogens with one attached hydrogen (secondary N) is 1. The summed E-state index contributed by atoms with van der Waals surface area (Å²) in [5.41, 5.74) is 1.03. The van der Waals surface area contributed by atoms with Crippen molar-refractivity contribution >= 4 is 0 Å². The van der Waals surface area contributed by atoms with Crippen LogP contribution in [0, 0.1) is 6.92 Å². The summed E-state index contributed by atoms with van der Waals surface area (Å²) in [4.78, 5) is 11.7. The number of rotatable bonds is 6. The zero-order valence-corrected chi connectivity index (χ0v) is 10.2. The van der Waals surface area contributed by atoms with Crippen molar-refractivity contribution in [2.24, 2.45) is 0 Å². The zero-order valence-electron chi connectivity index (χ0n) is 10.2. The van der Waals surface area contributed by atoms with Gasteiger partial charge in [0.05, 0.1) is 6.61 Å². The molecule has 1 heterocycles. The normalized spacial score (nSPS) is 12.7. The molecule has 0 amide bonds. The summed E-state index contributed by atoms with van der Waals surface area (Å²) in [6, 6.07) is 3.77. The van der Waals surface area contributed by atoms with Crippen LogP contribution in [0.2, 0.25) is 0 Å². The largest absolute Gasteiger partial charge is 0.383 e. The van der Waals surface area contributed by atoms with Crippen LogP contribution in [0.25, 0.3) is 0 Å². The molecule has 1 atom stereocenters. The fourth-order valence-corrected chi connectivity index (χ4v) is 1.66. The van der Waals surface area contributed by atoms with Gasteiger partial charge in [-0.25, -0.2) is 0 Å². The first-order valence-corrected chi connectivity index (χ1v) is 5.56. The van der Waals surface area contributed by atoms with Crippen LogP contribution in [0.5, 0.6) is 0 Å². The number of methoxy groups -OCH3 is 1. The summed E-state index contributed by atoms with van der Waals surface area (Å²) in [6.07, 6.45) is 1.83. The highest BCUT2D eigenvalue weighted by Gasteiger charge is 2.08. The minimum Gasteiger partial charge on any atom is -0.383 e. The van der Waals surface area contributed by atoms with Crippen molar-refractivity contribution in [3.05, 3.63) is 34.2 Å². The predicted octanol–water partition coefficient (Wildman–Crippen LogP) is 0.781. The average molecular weight is 224 g/mol. The van der Waals surface area contributed by atoms with E-state index < -0.39 is 0 Å². The highest BCUT2D eigenvalue weighted by molar-refractivity contribution is 5.08. The second kappa shape index (κ2) is 6.45. The van der Waals surface area contributed by atoms with Gasteiger partial charge < -0.3 is 14.6 Å². The highest BCUT2D eigenvalue weighted by Crippen LogP contribution is 1.94. The second-order valence-electron chi connectivity index (χ2n) is 3.90. The minimum atomic E-state index is 0.0407. The number of likely N-dealkylation sites (N-methyl/N-ethyl adjacent to an activating group) is 1. The number of ether oxygens (including phenoxy) is 1. The molecule has 0 aliphatic rings. The van der Waals surface area contributed by atoms with Crippen molar-refractivity contribution in [1.82, 2.24) is 9.88 Å². The molecule has 0 bridgehead atoms. The van der Waals surface area contributed by atoms with E-state index in [1.807, 2.05) is 26.1 Å². The Morgan fingerprint density at radius 2 is 2.31 bits per heavy atom. The average Bonchev–Trinajstić information content (AvgIpc) is 2.23. The maximum Gasteiger partial charge on any atom is 0.250 e. The molecule has 0 aromatic carbocycles. The molecule has 90 valence electrons. The summed E-state index contributed by atoms with van der Waals surface area (Å²) in [5.74, 6) is 0. The minimum absolute atomic E-state index is 0.0407. The van der Waals surface area contributed by atoms with E-state index >= 15 is 0 Å². The van der Waals surface area contributed by atoms with Crippen LogP contribution in [0.15, 0.2) is 23.1 Å². The van der Waals surface area contributed by atoms with Gasteiger partial charge in [0.2, 0.25) is 0 Å². The van der Waals surface area contributed by atoms with Gasteiger partial charge in [0.15, 0.2) is 0 Å². The third-order valence-corrected chi connectivity index (χ3v) is 2.43. The molecule has 16 heavy (non-hydrogen) atoms. The van der Waals surface area contributed by atoms with Gasteiger partial charge in [-0.3, -0.25) is 4.79 Å². The summed E-state index contributed by atoms with van der Waals surface area (Å²) < 4.78 is 6.82.